The number of aliphatic hydroxyl groups is 2. The first-order chi connectivity index (χ1) is 17.2. The molecule has 1 amide bonds. The van der Waals surface area contributed by atoms with Gasteiger partial charge < -0.3 is 34.4 Å². The molecule has 2 heterocycles. The summed E-state index contributed by atoms with van der Waals surface area (Å²) in [4.78, 5) is 25.0. The molecule has 1 fully saturated rings. The number of rotatable bonds is 10. The smallest absolute Gasteiger partial charge is 0.459 e. The molecule has 7 atom stereocenters. The molecule has 37 heavy (non-hydrogen) atoms. The van der Waals surface area contributed by atoms with Crippen LogP contribution in [0.25, 0.3) is 0 Å². The van der Waals surface area contributed by atoms with Gasteiger partial charge in [0.15, 0.2) is 11.9 Å². The Morgan fingerprint density at radius 3 is 2.59 bits per heavy atom. The van der Waals surface area contributed by atoms with Crippen LogP contribution >= 0.6 is 23.7 Å². The largest absolute Gasteiger partial charge is 0.462 e. The Labute approximate surface area is 221 Å². The molecular formula is C22H30BrFN3O9P. The maximum Gasteiger partial charge on any atom is 0.459 e. The van der Waals surface area contributed by atoms with Crippen LogP contribution in [0.1, 0.15) is 27.7 Å². The van der Waals surface area contributed by atoms with E-state index in [0.29, 0.717) is 0 Å². The Bertz CT molecular complexity index is 1060. The molecule has 0 radical (unpaired) electrons. The van der Waals surface area contributed by atoms with Crippen molar-refractivity contribution in [1.29, 1.82) is 0 Å². The van der Waals surface area contributed by atoms with Crippen molar-refractivity contribution in [3.8, 4) is 5.75 Å². The Morgan fingerprint density at radius 1 is 1.32 bits per heavy atom. The van der Waals surface area contributed by atoms with Gasteiger partial charge in [0.1, 0.15) is 24.0 Å². The number of alkyl halides is 1. The number of nitrogens with zero attached hydrogens (tertiary/aromatic N) is 1. The van der Waals surface area contributed by atoms with Gasteiger partial charge in [-0.3, -0.25) is 14.1 Å². The van der Waals surface area contributed by atoms with E-state index in [1.165, 1.54) is 19.1 Å². The second-order valence-corrected chi connectivity index (χ2v) is 11.5. The summed E-state index contributed by atoms with van der Waals surface area (Å²) in [7, 11) is -4.30. The molecule has 15 heteroatoms. The van der Waals surface area contributed by atoms with E-state index in [1.54, 1.807) is 32.0 Å². The van der Waals surface area contributed by atoms with Gasteiger partial charge in [0.05, 0.1) is 17.2 Å². The average molecular weight is 610 g/mol. The highest BCUT2D eigenvalue weighted by atomic mass is 79.9. The number of carbonyl (C=O) groups is 2. The maximum absolute atomic E-state index is 15.6. The molecule has 0 saturated carbocycles. The first-order valence-electron chi connectivity index (χ1n) is 11.4. The highest BCUT2D eigenvalue weighted by molar-refractivity contribution is 9.12. The Kier molecular flexibility index (Phi) is 9.38. The molecule has 2 aliphatic rings. The van der Waals surface area contributed by atoms with Crippen LogP contribution in [-0.4, -0.2) is 76.2 Å². The predicted molar refractivity (Wildman–Crippen MR) is 132 cm³/mol. The van der Waals surface area contributed by atoms with Crippen LogP contribution in [0.5, 0.6) is 5.75 Å². The zero-order valence-electron chi connectivity index (χ0n) is 20.5. The first-order valence-corrected chi connectivity index (χ1v) is 13.7. The summed E-state index contributed by atoms with van der Waals surface area (Å²) in [5.41, 5.74) is -2.45. The zero-order valence-corrected chi connectivity index (χ0v) is 23.0. The van der Waals surface area contributed by atoms with Crippen molar-refractivity contribution in [2.24, 2.45) is 0 Å². The number of hydrogen-bond acceptors (Lipinski definition) is 10. The van der Waals surface area contributed by atoms with Crippen molar-refractivity contribution in [3.05, 3.63) is 41.0 Å². The number of para-hydroxylation sites is 1. The van der Waals surface area contributed by atoms with Crippen molar-refractivity contribution in [2.45, 2.75) is 70.3 Å². The van der Waals surface area contributed by atoms with Crippen LogP contribution in [0.3, 0.4) is 0 Å². The number of halogens is 2. The fourth-order valence-corrected chi connectivity index (χ4v) is 5.45. The normalized spacial score (nSPS) is 30.4. The molecule has 1 aromatic rings. The fourth-order valence-electron chi connectivity index (χ4n) is 3.60. The van der Waals surface area contributed by atoms with Crippen molar-refractivity contribution in [1.82, 2.24) is 15.3 Å². The number of amides is 1. The number of nitrogens with one attached hydrogen (secondary N) is 2. The monoisotopic (exact) mass is 609 g/mol. The third-order valence-electron chi connectivity index (χ3n) is 5.44. The van der Waals surface area contributed by atoms with Crippen LogP contribution in [0, 0.1) is 0 Å². The molecule has 1 saturated heterocycles. The van der Waals surface area contributed by atoms with Crippen LogP contribution in [0.15, 0.2) is 41.0 Å². The van der Waals surface area contributed by atoms with E-state index in [2.05, 4.69) is 26.3 Å². The summed E-state index contributed by atoms with van der Waals surface area (Å²) in [6.45, 7) is 5.14. The van der Waals surface area contributed by atoms with Gasteiger partial charge in [-0.1, -0.05) is 18.2 Å². The first kappa shape index (κ1) is 29.5. The molecule has 3 rings (SSSR count). The number of benzene rings is 1. The number of aliphatic hydroxyl groups excluding tert-OH is 2. The lowest BCUT2D eigenvalue weighted by Gasteiger charge is -2.38. The zero-order chi connectivity index (χ0) is 27.5. The van der Waals surface area contributed by atoms with Gasteiger partial charge in [-0.05, 0) is 55.8 Å². The fraction of sp³-hybridized carbons (Fsp3) is 0.545. The van der Waals surface area contributed by atoms with Gasteiger partial charge in [0.25, 0.3) is 5.91 Å². The minimum absolute atomic E-state index is 0.00127. The summed E-state index contributed by atoms with van der Waals surface area (Å²) >= 11 is 3.01. The van der Waals surface area contributed by atoms with E-state index in [-0.39, 0.29) is 10.2 Å². The summed E-state index contributed by atoms with van der Waals surface area (Å²) in [6.07, 6.45) is -5.64. The second-order valence-electron chi connectivity index (χ2n) is 8.93. The number of hydrogen-bond donors (Lipinski definition) is 4. The standard InChI is InChI=1S/C22H30BrFN3O9P/c1-12(2)34-19(30)13(3)26-37(32,36-14-8-6-5-7-9-14)33-11-16-17(28)22(4,24)20(35-16)27-10-15(23)18(29)25-21(27)31/h5-10,12-13,16-17,20-21,28,31H,11H2,1-4H3,(H,25,29)(H,26,32)/t13-,16-,17-,20-,21?,22-,37?/m1/s1. The SMILES string of the molecule is CC(C)OC(=O)[C@@H](C)NP(=O)(OC[C@H]1O[C@@H](N2C=C(Br)C(=O)NC2O)[C@](C)(F)[C@@H]1O)Oc1ccccc1. The molecular weight excluding hydrogens is 580 g/mol. The highest BCUT2D eigenvalue weighted by Gasteiger charge is 2.58. The van der Waals surface area contributed by atoms with Gasteiger partial charge in [-0.15, -0.1) is 0 Å². The van der Waals surface area contributed by atoms with Crippen molar-refractivity contribution in [2.75, 3.05) is 6.61 Å². The van der Waals surface area contributed by atoms with Gasteiger partial charge in [-0.2, -0.15) is 5.09 Å². The third-order valence-corrected chi connectivity index (χ3v) is 7.65. The molecule has 1 aromatic carbocycles. The molecule has 0 bridgehead atoms. The van der Waals surface area contributed by atoms with E-state index >= 15 is 4.39 Å². The van der Waals surface area contributed by atoms with Gasteiger partial charge in [-0.25, -0.2) is 8.96 Å². The Hall–Kier alpha value is -2.06. The maximum atomic E-state index is 15.6. The molecule has 4 N–H and O–H groups in total. The number of ether oxygens (including phenoxy) is 2. The van der Waals surface area contributed by atoms with Gasteiger partial charge in [0, 0.05) is 6.20 Å². The molecule has 2 unspecified atom stereocenters. The Balaban J connectivity index is 1.77. The minimum atomic E-state index is -4.30. The summed E-state index contributed by atoms with van der Waals surface area (Å²) in [6, 6.07) is 6.89. The molecule has 0 aliphatic carbocycles. The van der Waals surface area contributed by atoms with Crippen molar-refractivity contribution >= 4 is 35.6 Å². The predicted octanol–water partition coefficient (Wildman–Crippen LogP) is 1.88. The molecule has 12 nitrogen and oxygen atoms in total. The van der Waals surface area contributed by atoms with Gasteiger partial charge in [0.2, 0.25) is 6.35 Å². The number of carbonyl (C=O) groups excluding carboxylic acids is 2. The van der Waals surface area contributed by atoms with E-state index in [1.807, 2.05) is 0 Å². The summed E-state index contributed by atoms with van der Waals surface area (Å²) < 4.78 is 51.0. The molecule has 0 spiro atoms. The lowest BCUT2D eigenvalue weighted by atomic mass is 9.98. The van der Waals surface area contributed by atoms with Crippen molar-refractivity contribution in [3.63, 3.8) is 0 Å². The van der Waals surface area contributed by atoms with Crippen LogP contribution in [-0.2, 0) is 28.2 Å². The highest BCUT2D eigenvalue weighted by Crippen LogP contribution is 2.47. The van der Waals surface area contributed by atoms with E-state index in [9.17, 15) is 24.4 Å². The number of esters is 1. The summed E-state index contributed by atoms with van der Waals surface area (Å²) in [5, 5.41) is 25.5. The summed E-state index contributed by atoms with van der Waals surface area (Å²) in [5.74, 6) is -1.17. The molecule has 0 aromatic heterocycles. The Morgan fingerprint density at radius 2 is 1.97 bits per heavy atom. The quantitative estimate of drug-likeness (QED) is 0.227. The van der Waals surface area contributed by atoms with Crippen LogP contribution in [0.4, 0.5) is 4.39 Å². The van der Waals surface area contributed by atoms with Crippen molar-refractivity contribution < 1.29 is 47.3 Å². The van der Waals surface area contributed by atoms with Crippen LogP contribution < -0.4 is 14.9 Å². The van der Waals surface area contributed by atoms with E-state index in [0.717, 1.165) is 18.0 Å². The minimum Gasteiger partial charge on any atom is -0.462 e. The second kappa shape index (κ2) is 11.8. The van der Waals surface area contributed by atoms with E-state index in [4.69, 9.17) is 18.5 Å². The lowest BCUT2D eigenvalue weighted by molar-refractivity contribution is -0.158. The molecule has 2 aliphatic heterocycles. The average Bonchev–Trinajstić information content (AvgIpc) is 3.03. The lowest BCUT2D eigenvalue weighted by Crippen LogP contribution is -2.58. The third kappa shape index (κ3) is 7.08. The topological polar surface area (TPSA) is 156 Å². The van der Waals surface area contributed by atoms with E-state index < -0.39 is 68.8 Å². The van der Waals surface area contributed by atoms with Crippen LogP contribution in [0.2, 0.25) is 0 Å². The van der Waals surface area contributed by atoms with Gasteiger partial charge >= 0.3 is 13.7 Å². The molecule has 206 valence electrons.